The van der Waals surface area contributed by atoms with Crippen molar-refractivity contribution < 1.29 is 19.1 Å². The zero-order valence-electron chi connectivity index (χ0n) is 12.7. The van der Waals surface area contributed by atoms with E-state index in [1.165, 1.54) is 7.11 Å². The van der Waals surface area contributed by atoms with Crippen LogP contribution in [0.2, 0.25) is 0 Å². The van der Waals surface area contributed by atoms with Gasteiger partial charge in [-0.3, -0.25) is 4.90 Å². The Kier molecular flexibility index (Phi) is 3.98. The van der Waals surface area contributed by atoms with Crippen LogP contribution in [-0.2, 0) is 14.3 Å². The molecule has 0 aromatic heterocycles. The molecule has 116 valence electrons. The Hall–Kier alpha value is -2.14. The third kappa shape index (κ3) is 2.52. The SMILES string of the molecule is COC(=O)C1=C(OC(=O)c2ccccc2)C[C@H]2CC[C@@H]1N2C. The van der Waals surface area contributed by atoms with Gasteiger partial charge in [-0.1, -0.05) is 18.2 Å². The second-order valence-corrected chi connectivity index (χ2v) is 5.70. The van der Waals surface area contributed by atoms with Crippen LogP contribution in [0.3, 0.4) is 0 Å². The molecule has 0 spiro atoms. The second-order valence-electron chi connectivity index (χ2n) is 5.70. The van der Waals surface area contributed by atoms with Crippen molar-refractivity contribution in [1.82, 2.24) is 4.90 Å². The Morgan fingerprint density at radius 1 is 1.14 bits per heavy atom. The summed E-state index contributed by atoms with van der Waals surface area (Å²) in [6.07, 6.45) is 2.45. The quantitative estimate of drug-likeness (QED) is 0.801. The van der Waals surface area contributed by atoms with Gasteiger partial charge in [-0.25, -0.2) is 9.59 Å². The van der Waals surface area contributed by atoms with Crippen molar-refractivity contribution in [2.45, 2.75) is 31.3 Å². The van der Waals surface area contributed by atoms with Crippen LogP contribution in [-0.4, -0.2) is 43.1 Å². The average Bonchev–Trinajstić information content (AvgIpc) is 2.78. The fourth-order valence-corrected chi connectivity index (χ4v) is 3.32. The topological polar surface area (TPSA) is 55.8 Å². The number of hydrogen-bond donors (Lipinski definition) is 0. The van der Waals surface area contributed by atoms with E-state index in [1.807, 2.05) is 13.1 Å². The van der Waals surface area contributed by atoms with Crippen LogP contribution in [0.1, 0.15) is 29.6 Å². The van der Waals surface area contributed by atoms with Gasteiger partial charge in [0.05, 0.1) is 18.2 Å². The maximum Gasteiger partial charge on any atom is 0.343 e. The molecule has 0 aliphatic carbocycles. The predicted molar refractivity (Wildman–Crippen MR) is 80.1 cm³/mol. The lowest BCUT2D eigenvalue weighted by molar-refractivity contribution is -0.137. The van der Waals surface area contributed by atoms with Crippen molar-refractivity contribution >= 4 is 11.9 Å². The lowest BCUT2D eigenvalue weighted by atomic mass is 10.00. The van der Waals surface area contributed by atoms with E-state index in [4.69, 9.17) is 9.47 Å². The van der Waals surface area contributed by atoms with Gasteiger partial charge in [-0.05, 0) is 32.0 Å². The Balaban J connectivity index is 1.90. The molecule has 22 heavy (non-hydrogen) atoms. The van der Waals surface area contributed by atoms with E-state index in [-0.39, 0.29) is 6.04 Å². The number of carbonyl (C=O) groups is 2. The standard InChI is InChI=1S/C17H19NO4/c1-18-12-8-9-13(18)15(17(20)21-2)14(10-12)22-16(19)11-6-4-3-5-7-11/h3-7,12-13H,8-10H2,1-2H3/t12-,13+/m1/s1. The number of methoxy groups -OCH3 is 1. The molecule has 2 bridgehead atoms. The van der Waals surface area contributed by atoms with Gasteiger partial charge in [0.2, 0.25) is 0 Å². The van der Waals surface area contributed by atoms with Crippen LogP contribution >= 0.6 is 0 Å². The molecule has 2 aliphatic heterocycles. The van der Waals surface area contributed by atoms with E-state index >= 15 is 0 Å². The second kappa shape index (κ2) is 5.93. The third-order valence-corrected chi connectivity index (χ3v) is 4.53. The highest BCUT2D eigenvalue weighted by molar-refractivity contribution is 5.93. The average molecular weight is 301 g/mol. The molecular weight excluding hydrogens is 282 g/mol. The molecule has 3 rings (SSSR count). The molecule has 1 aromatic rings. The normalized spacial score (nSPS) is 24.3. The van der Waals surface area contributed by atoms with Gasteiger partial charge in [0.1, 0.15) is 5.76 Å². The van der Waals surface area contributed by atoms with Crippen molar-refractivity contribution in [3.63, 3.8) is 0 Å². The Morgan fingerprint density at radius 3 is 2.55 bits per heavy atom. The van der Waals surface area contributed by atoms with E-state index in [0.717, 1.165) is 12.8 Å². The molecule has 5 heteroatoms. The van der Waals surface area contributed by atoms with E-state index < -0.39 is 11.9 Å². The van der Waals surface area contributed by atoms with Crippen molar-refractivity contribution in [3.05, 3.63) is 47.2 Å². The van der Waals surface area contributed by atoms with Crippen LogP contribution in [0.25, 0.3) is 0 Å². The summed E-state index contributed by atoms with van der Waals surface area (Å²) in [6.45, 7) is 0. The Labute approximate surface area is 129 Å². The van der Waals surface area contributed by atoms with Gasteiger partial charge in [0.25, 0.3) is 0 Å². The van der Waals surface area contributed by atoms with Crippen molar-refractivity contribution in [2.24, 2.45) is 0 Å². The fraction of sp³-hybridized carbons (Fsp3) is 0.412. The highest BCUT2D eigenvalue weighted by Gasteiger charge is 2.43. The van der Waals surface area contributed by atoms with Gasteiger partial charge in [-0.2, -0.15) is 0 Å². The molecule has 1 fully saturated rings. The molecule has 0 N–H and O–H groups in total. The van der Waals surface area contributed by atoms with Crippen molar-refractivity contribution in [2.75, 3.05) is 14.2 Å². The van der Waals surface area contributed by atoms with E-state index in [1.54, 1.807) is 24.3 Å². The lowest BCUT2D eigenvalue weighted by Crippen LogP contribution is -2.41. The summed E-state index contributed by atoms with van der Waals surface area (Å²) in [5, 5.41) is 0. The minimum Gasteiger partial charge on any atom is -0.466 e. The summed E-state index contributed by atoms with van der Waals surface area (Å²) < 4.78 is 10.4. The van der Waals surface area contributed by atoms with E-state index in [2.05, 4.69) is 4.90 Å². The number of nitrogens with zero attached hydrogens (tertiary/aromatic N) is 1. The summed E-state index contributed by atoms with van der Waals surface area (Å²) in [5.41, 5.74) is 0.966. The smallest absolute Gasteiger partial charge is 0.343 e. The van der Waals surface area contributed by atoms with Crippen molar-refractivity contribution in [3.8, 4) is 0 Å². The van der Waals surface area contributed by atoms with Crippen molar-refractivity contribution in [1.29, 1.82) is 0 Å². The summed E-state index contributed by atoms with van der Waals surface area (Å²) in [4.78, 5) is 26.6. The lowest BCUT2D eigenvalue weighted by Gasteiger charge is -2.33. The molecule has 2 atom stereocenters. The predicted octanol–water partition coefficient (Wildman–Crippen LogP) is 2.14. The summed E-state index contributed by atoms with van der Waals surface area (Å²) in [7, 11) is 3.36. The van der Waals surface area contributed by atoms with Gasteiger partial charge in [-0.15, -0.1) is 0 Å². The first-order valence-electron chi connectivity index (χ1n) is 7.42. The van der Waals surface area contributed by atoms with Crippen LogP contribution in [0.15, 0.2) is 41.7 Å². The molecule has 0 saturated carbocycles. The maximum absolute atomic E-state index is 12.3. The first-order chi connectivity index (χ1) is 10.6. The first-order valence-corrected chi connectivity index (χ1v) is 7.42. The summed E-state index contributed by atoms with van der Waals surface area (Å²) >= 11 is 0. The monoisotopic (exact) mass is 301 g/mol. The number of fused-ring (bicyclic) bond motifs is 2. The number of esters is 2. The Morgan fingerprint density at radius 2 is 1.86 bits per heavy atom. The van der Waals surface area contributed by atoms with E-state index in [0.29, 0.717) is 29.4 Å². The minimum atomic E-state index is -0.430. The molecule has 1 saturated heterocycles. The van der Waals surface area contributed by atoms with Gasteiger partial charge in [0, 0.05) is 18.5 Å². The Bertz CT molecular complexity index is 623. The summed E-state index contributed by atoms with van der Waals surface area (Å²) in [5.74, 6) is -0.375. The number of benzene rings is 1. The molecule has 1 aromatic carbocycles. The molecule has 2 heterocycles. The largest absolute Gasteiger partial charge is 0.466 e. The van der Waals surface area contributed by atoms with Crippen LogP contribution in [0, 0.1) is 0 Å². The maximum atomic E-state index is 12.3. The van der Waals surface area contributed by atoms with Crippen LogP contribution in [0.5, 0.6) is 0 Å². The number of carbonyl (C=O) groups excluding carboxylic acids is 2. The van der Waals surface area contributed by atoms with Gasteiger partial charge < -0.3 is 9.47 Å². The zero-order chi connectivity index (χ0) is 15.7. The molecule has 2 aliphatic rings. The van der Waals surface area contributed by atoms with Crippen LogP contribution < -0.4 is 0 Å². The summed E-state index contributed by atoms with van der Waals surface area (Å²) in [6, 6.07) is 9.09. The highest BCUT2D eigenvalue weighted by atomic mass is 16.5. The first kappa shape index (κ1) is 14.8. The van der Waals surface area contributed by atoms with Gasteiger partial charge in [0.15, 0.2) is 0 Å². The molecule has 0 amide bonds. The highest BCUT2D eigenvalue weighted by Crippen LogP contribution is 2.39. The number of ether oxygens (including phenoxy) is 2. The van der Waals surface area contributed by atoms with E-state index in [9.17, 15) is 9.59 Å². The minimum absolute atomic E-state index is 0.0234. The molecular formula is C17H19NO4. The number of rotatable bonds is 3. The molecule has 0 unspecified atom stereocenters. The number of likely N-dealkylation sites (N-methyl/N-ethyl adjacent to an activating group) is 1. The van der Waals surface area contributed by atoms with Crippen LogP contribution in [0.4, 0.5) is 0 Å². The third-order valence-electron chi connectivity index (χ3n) is 4.53. The zero-order valence-corrected chi connectivity index (χ0v) is 12.7. The number of hydrogen-bond acceptors (Lipinski definition) is 5. The van der Waals surface area contributed by atoms with Gasteiger partial charge >= 0.3 is 11.9 Å². The molecule has 0 radical (unpaired) electrons. The molecule has 5 nitrogen and oxygen atoms in total. The fourth-order valence-electron chi connectivity index (χ4n) is 3.32.